The number of rotatable bonds is 5. The van der Waals surface area contributed by atoms with E-state index in [0.717, 1.165) is 0 Å². The first-order valence-electron chi connectivity index (χ1n) is 4.41. The standard InChI is InChI=1S/C10H13FO2S/c11-9-4-1-3-8(7-13)10(9)14-6-2-5-12/h1,3-4,12-13H,2,5-7H2. The minimum absolute atomic E-state index is 0.107. The average molecular weight is 216 g/mol. The molecular formula is C10H13FO2S. The second-order valence-corrected chi connectivity index (χ2v) is 3.92. The summed E-state index contributed by atoms with van der Waals surface area (Å²) in [6, 6.07) is 4.65. The number of aliphatic hydroxyl groups is 2. The van der Waals surface area contributed by atoms with Gasteiger partial charge in [0.2, 0.25) is 0 Å². The lowest BCUT2D eigenvalue weighted by Crippen LogP contribution is -1.93. The second kappa shape index (κ2) is 6.01. The van der Waals surface area contributed by atoms with E-state index in [1.165, 1.54) is 17.8 Å². The summed E-state index contributed by atoms with van der Waals surface area (Å²) in [6.45, 7) is -0.0465. The van der Waals surface area contributed by atoms with Gasteiger partial charge in [0, 0.05) is 17.3 Å². The highest BCUT2D eigenvalue weighted by atomic mass is 32.2. The van der Waals surface area contributed by atoms with Crippen molar-refractivity contribution in [2.45, 2.75) is 17.9 Å². The van der Waals surface area contributed by atoms with Crippen LogP contribution in [0.1, 0.15) is 12.0 Å². The Kier molecular flexibility index (Phi) is 4.93. The van der Waals surface area contributed by atoms with Gasteiger partial charge in [0.1, 0.15) is 5.82 Å². The molecule has 0 unspecified atom stereocenters. The predicted octanol–water partition coefficient (Wildman–Crippen LogP) is 1.79. The number of hydrogen-bond acceptors (Lipinski definition) is 3. The van der Waals surface area contributed by atoms with Gasteiger partial charge >= 0.3 is 0 Å². The summed E-state index contributed by atoms with van der Waals surface area (Å²) in [5, 5.41) is 17.6. The second-order valence-electron chi connectivity index (χ2n) is 2.81. The van der Waals surface area contributed by atoms with Gasteiger partial charge in [0.05, 0.1) is 6.61 Å². The van der Waals surface area contributed by atoms with E-state index in [-0.39, 0.29) is 19.0 Å². The van der Waals surface area contributed by atoms with Gasteiger partial charge in [-0.1, -0.05) is 12.1 Å². The van der Waals surface area contributed by atoms with E-state index in [2.05, 4.69) is 0 Å². The molecule has 2 N–H and O–H groups in total. The molecule has 0 amide bonds. The maximum Gasteiger partial charge on any atom is 0.137 e. The third-order valence-electron chi connectivity index (χ3n) is 1.77. The molecule has 0 aliphatic carbocycles. The molecule has 0 spiro atoms. The Hall–Kier alpha value is -0.580. The first-order valence-corrected chi connectivity index (χ1v) is 5.40. The molecule has 0 aliphatic heterocycles. The van der Waals surface area contributed by atoms with Crippen molar-refractivity contribution in [1.82, 2.24) is 0 Å². The molecule has 4 heteroatoms. The predicted molar refractivity (Wildman–Crippen MR) is 54.7 cm³/mol. The molecule has 0 aromatic heterocycles. The fraction of sp³-hybridized carbons (Fsp3) is 0.400. The third kappa shape index (κ3) is 2.97. The normalized spacial score (nSPS) is 10.5. The van der Waals surface area contributed by atoms with Crippen molar-refractivity contribution in [3.8, 4) is 0 Å². The zero-order valence-electron chi connectivity index (χ0n) is 7.74. The lowest BCUT2D eigenvalue weighted by Gasteiger charge is -2.07. The monoisotopic (exact) mass is 216 g/mol. The number of aliphatic hydroxyl groups excluding tert-OH is 2. The van der Waals surface area contributed by atoms with Crippen LogP contribution < -0.4 is 0 Å². The van der Waals surface area contributed by atoms with Crippen LogP contribution in [0.3, 0.4) is 0 Å². The Morgan fingerprint density at radius 3 is 2.71 bits per heavy atom. The molecule has 2 nitrogen and oxygen atoms in total. The summed E-state index contributed by atoms with van der Waals surface area (Å²) in [4.78, 5) is 0.489. The largest absolute Gasteiger partial charge is 0.396 e. The summed E-state index contributed by atoms with van der Waals surface area (Å²) in [5.41, 5.74) is 0.605. The first-order chi connectivity index (χ1) is 6.79. The molecule has 14 heavy (non-hydrogen) atoms. The fourth-order valence-corrected chi connectivity index (χ4v) is 2.08. The summed E-state index contributed by atoms with van der Waals surface area (Å²) in [5.74, 6) is 0.351. The number of halogens is 1. The highest BCUT2D eigenvalue weighted by Gasteiger charge is 2.07. The van der Waals surface area contributed by atoms with Crippen LogP contribution in [0.25, 0.3) is 0 Å². The molecule has 0 aliphatic rings. The highest BCUT2D eigenvalue weighted by molar-refractivity contribution is 7.99. The quantitative estimate of drug-likeness (QED) is 0.582. The molecule has 1 aromatic rings. The minimum atomic E-state index is -0.306. The van der Waals surface area contributed by atoms with Crippen molar-refractivity contribution in [1.29, 1.82) is 0 Å². The van der Waals surface area contributed by atoms with E-state index in [1.807, 2.05) is 0 Å². The Bertz CT molecular complexity index is 291. The SMILES string of the molecule is OCCCSc1c(F)cccc1CO. The van der Waals surface area contributed by atoms with Crippen LogP contribution in [-0.4, -0.2) is 22.6 Å². The Morgan fingerprint density at radius 2 is 2.07 bits per heavy atom. The maximum atomic E-state index is 13.3. The molecule has 1 aromatic carbocycles. The van der Waals surface area contributed by atoms with Gasteiger partial charge in [-0.2, -0.15) is 0 Å². The topological polar surface area (TPSA) is 40.5 Å². The van der Waals surface area contributed by atoms with Crippen molar-refractivity contribution >= 4 is 11.8 Å². The summed E-state index contributed by atoms with van der Waals surface area (Å²) in [6.07, 6.45) is 0.629. The average Bonchev–Trinajstić information content (AvgIpc) is 2.20. The van der Waals surface area contributed by atoms with Crippen LogP contribution in [0.5, 0.6) is 0 Å². The number of benzene rings is 1. The smallest absolute Gasteiger partial charge is 0.137 e. The van der Waals surface area contributed by atoms with Crippen LogP contribution >= 0.6 is 11.8 Å². The van der Waals surface area contributed by atoms with Gasteiger partial charge in [0.15, 0.2) is 0 Å². The highest BCUT2D eigenvalue weighted by Crippen LogP contribution is 2.26. The third-order valence-corrected chi connectivity index (χ3v) is 3.01. The Balaban J connectivity index is 2.72. The van der Waals surface area contributed by atoms with E-state index in [9.17, 15) is 4.39 Å². The fourth-order valence-electron chi connectivity index (χ4n) is 1.08. The van der Waals surface area contributed by atoms with Gasteiger partial charge < -0.3 is 10.2 Å². The van der Waals surface area contributed by atoms with Gasteiger partial charge in [-0.05, 0) is 18.1 Å². The molecule has 0 saturated heterocycles. The molecule has 0 radical (unpaired) electrons. The zero-order chi connectivity index (χ0) is 10.4. The Labute approximate surface area is 86.8 Å². The Morgan fingerprint density at radius 1 is 1.29 bits per heavy atom. The lowest BCUT2D eigenvalue weighted by molar-refractivity contribution is 0.277. The summed E-state index contributed by atoms with van der Waals surface area (Å²) in [7, 11) is 0. The molecule has 78 valence electrons. The van der Waals surface area contributed by atoms with Crippen molar-refractivity contribution in [2.24, 2.45) is 0 Å². The summed E-state index contributed by atoms with van der Waals surface area (Å²) >= 11 is 1.33. The molecule has 0 atom stereocenters. The zero-order valence-corrected chi connectivity index (χ0v) is 8.56. The van der Waals surface area contributed by atoms with Gasteiger partial charge in [0.25, 0.3) is 0 Å². The molecule has 0 saturated carbocycles. The van der Waals surface area contributed by atoms with E-state index < -0.39 is 0 Å². The number of thioether (sulfide) groups is 1. The van der Waals surface area contributed by atoms with Crippen LogP contribution in [0, 0.1) is 5.82 Å². The van der Waals surface area contributed by atoms with Crippen LogP contribution in [-0.2, 0) is 6.61 Å². The molecular weight excluding hydrogens is 203 g/mol. The van der Waals surface area contributed by atoms with Gasteiger partial charge in [-0.15, -0.1) is 11.8 Å². The maximum absolute atomic E-state index is 13.3. The molecule has 0 heterocycles. The number of hydrogen-bond donors (Lipinski definition) is 2. The van der Waals surface area contributed by atoms with Crippen molar-refractivity contribution < 1.29 is 14.6 Å². The molecule has 0 fully saturated rings. The van der Waals surface area contributed by atoms with E-state index >= 15 is 0 Å². The summed E-state index contributed by atoms with van der Waals surface area (Å²) < 4.78 is 13.3. The molecule has 0 bridgehead atoms. The van der Waals surface area contributed by atoms with Gasteiger partial charge in [-0.3, -0.25) is 0 Å². The molecule has 1 rings (SSSR count). The van der Waals surface area contributed by atoms with Gasteiger partial charge in [-0.25, -0.2) is 4.39 Å². The van der Waals surface area contributed by atoms with Crippen molar-refractivity contribution in [2.75, 3.05) is 12.4 Å². The van der Waals surface area contributed by atoms with Crippen LogP contribution in [0.2, 0.25) is 0 Å². The van der Waals surface area contributed by atoms with E-state index in [0.29, 0.717) is 22.6 Å². The van der Waals surface area contributed by atoms with Crippen molar-refractivity contribution in [3.05, 3.63) is 29.6 Å². The van der Waals surface area contributed by atoms with E-state index in [1.54, 1.807) is 12.1 Å². The van der Waals surface area contributed by atoms with Crippen LogP contribution in [0.15, 0.2) is 23.1 Å². The van der Waals surface area contributed by atoms with Crippen LogP contribution in [0.4, 0.5) is 4.39 Å². The lowest BCUT2D eigenvalue weighted by atomic mass is 10.2. The van der Waals surface area contributed by atoms with E-state index in [4.69, 9.17) is 10.2 Å². The van der Waals surface area contributed by atoms with Crippen molar-refractivity contribution in [3.63, 3.8) is 0 Å². The minimum Gasteiger partial charge on any atom is -0.396 e. The first kappa shape index (κ1) is 11.5.